The summed E-state index contributed by atoms with van der Waals surface area (Å²) in [5.41, 5.74) is 1.52. The molecule has 0 spiro atoms. The van der Waals surface area contributed by atoms with Gasteiger partial charge in [0.1, 0.15) is 0 Å². The van der Waals surface area contributed by atoms with Crippen molar-refractivity contribution in [3.63, 3.8) is 0 Å². The third-order valence-corrected chi connectivity index (χ3v) is 2.87. The lowest BCUT2D eigenvalue weighted by molar-refractivity contribution is -0.118. The van der Waals surface area contributed by atoms with Gasteiger partial charge in [0.2, 0.25) is 5.91 Å². The minimum absolute atomic E-state index is 0.175. The van der Waals surface area contributed by atoms with E-state index in [9.17, 15) is 9.59 Å². The quantitative estimate of drug-likeness (QED) is 0.813. The number of nitrogens with one attached hydrogen (secondary N) is 1. The molecular formula is C12H14ClNO3. The van der Waals surface area contributed by atoms with E-state index in [0.29, 0.717) is 11.3 Å². The van der Waals surface area contributed by atoms with E-state index in [1.54, 1.807) is 19.9 Å². The van der Waals surface area contributed by atoms with Gasteiger partial charge in [0.05, 0.1) is 5.56 Å². The van der Waals surface area contributed by atoms with Crippen LogP contribution in [-0.4, -0.2) is 22.9 Å². The number of alkyl halides is 1. The summed E-state index contributed by atoms with van der Waals surface area (Å²) in [6.07, 6.45) is 0. The van der Waals surface area contributed by atoms with Gasteiger partial charge in [-0.15, -0.1) is 11.6 Å². The first-order valence-corrected chi connectivity index (χ1v) is 5.70. The van der Waals surface area contributed by atoms with Gasteiger partial charge < -0.3 is 10.4 Å². The Morgan fingerprint density at radius 1 is 1.47 bits per heavy atom. The molecule has 2 N–H and O–H groups in total. The van der Waals surface area contributed by atoms with Crippen LogP contribution in [0.2, 0.25) is 0 Å². The topological polar surface area (TPSA) is 66.4 Å². The van der Waals surface area contributed by atoms with Crippen LogP contribution in [0.25, 0.3) is 0 Å². The monoisotopic (exact) mass is 255 g/mol. The highest BCUT2D eigenvalue weighted by Gasteiger charge is 2.13. The van der Waals surface area contributed by atoms with Crippen molar-refractivity contribution in [1.82, 2.24) is 0 Å². The maximum Gasteiger partial charge on any atom is 0.335 e. The van der Waals surface area contributed by atoms with Crippen molar-refractivity contribution < 1.29 is 14.7 Å². The van der Waals surface area contributed by atoms with Crippen LogP contribution in [0.15, 0.2) is 18.2 Å². The number of hydrogen-bond donors (Lipinski definition) is 2. The van der Waals surface area contributed by atoms with E-state index < -0.39 is 5.97 Å². The molecule has 0 saturated heterocycles. The Kier molecular flexibility index (Phi) is 4.52. The van der Waals surface area contributed by atoms with Gasteiger partial charge in [0, 0.05) is 17.5 Å². The number of aromatic carboxylic acids is 1. The van der Waals surface area contributed by atoms with E-state index >= 15 is 0 Å². The van der Waals surface area contributed by atoms with Gasteiger partial charge in [0.15, 0.2) is 0 Å². The first kappa shape index (κ1) is 13.5. The molecule has 0 heterocycles. The minimum Gasteiger partial charge on any atom is -0.478 e. The Balaban J connectivity index is 2.86. The second-order valence-corrected chi connectivity index (χ2v) is 4.19. The van der Waals surface area contributed by atoms with Gasteiger partial charge in [-0.05, 0) is 30.7 Å². The third-order valence-electron chi connectivity index (χ3n) is 2.41. The highest BCUT2D eigenvalue weighted by atomic mass is 35.5. The fourth-order valence-corrected chi connectivity index (χ4v) is 1.40. The summed E-state index contributed by atoms with van der Waals surface area (Å²) in [4.78, 5) is 22.3. The van der Waals surface area contributed by atoms with E-state index in [1.165, 1.54) is 12.1 Å². The predicted molar refractivity (Wildman–Crippen MR) is 66.7 cm³/mol. The van der Waals surface area contributed by atoms with Crippen LogP contribution >= 0.6 is 11.6 Å². The number of halogens is 1. The Labute approximate surface area is 105 Å². The van der Waals surface area contributed by atoms with Crippen LogP contribution in [0.5, 0.6) is 0 Å². The van der Waals surface area contributed by atoms with E-state index in [-0.39, 0.29) is 23.3 Å². The number of benzene rings is 1. The van der Waals surface area contributed by atoms with Crippen molar-refractivity contribution in [3.8, 4) is 0 Å². The number of carboxylic acids is 1. The van der Waals surface area contributed by atoms with E-state index in [4.69, 9.17) is 16.7 Å². The highest BCUT2D eigenvalue weighted by Crippen LogP contribution is 2.17. The second-order valence-electron chi connectivity index (χ2n) is 3.88. The van der Waals surface area contributed by atoms with Crippen LogP contribution < -0.4 is 5.32 Å². The average molecular weight is 256 g/mol. The highest BCUT2D eigenvalue weighted by molar-refractivity contribution is 6.19. The van der Waals surface area contributed by atoms with Crippen LogP contribution in [0.1, 0.15) is 22.8 Å². The maximum absolute atomic E-state index is 11.6. The summed E-state index contributed by atoms with van der Waals surface area (Å²) >= 11 is 5.58. The standard InChI is InChI=1S/C12H14ClNO3/c1-7-5-9(12(16)17)3-4-10(7)14-11(15)8(2)6-13/h3-5,8H,6H2,1-2H3,(H,14,15)(H,16,17). The zero-order valence-corrected chi connectivity index (χ0v) is 10.4. The van der Waals surface area contributed by atoms with Crippen molar-refractivity contribution in [3.05, 3.63) is 29.3 Å². The molecule has 0 saturated carbocycles. The third kappa shape index (κ3) is 3.46. The lowest BCUT2D eigenvalue weighted by Gasteiger charge is -2.11. The second kappa shape index (κ2) is 5.68. The molecule has 1 unspecified atom stereocenters. The summed E-state index contributed by atoms with van der Waals surface area (Å²) in [7, 11) is 0. The minimum atomic E-state index is -0.986. The summed E-state index contributed by atoms with van der Waals surface area (Å²) in [5, 5.41) is 11.5. The summed E-state index contributed by atoms with van der Waals surface area (Å²) < 4.78 is 0. The van der Waals surface area contributed by atoms with E-state index in [1.807, 2.05) is 0 Å². The molecule has 0 aliphatic heterocycles. The number of aryl methyl sites for hydroxylation is 1. The fourth-order valence-electron chi connectivity index (χ4n) is 1.26. The molecule has 92 valence electrons. The Bertz CT molecular complexity index is 445. The van der Waals surface area contributed by atoms with Crippen molar-refractivity contribution in [2.24, 2.45) is 5.92 Å². The molecule has 1 aromatic rings. The number of anilines is 1. The number of carbonyl (C=O) groups is 2. The predicted octanol–water partition coefficient (Wildman–Crippen LogP) is 2.51. The molecule has 0 aliphatic rings. The van der Waals surface area contributed by atoms with Gasteiger partial charge in [-0.3, -0.25) is 4.79 Å². The summed E-state index contributed by atoms with van der Waals surface area (Å²) in [6.45, 7) is 3.47. The molecule has 0 aliphatic carbocycles. The van der Waals surface area contributed by atoms with Crippen molar-refractivity contribution in [1.29, 1.82) is 0 Å². The van der Waals surface area contributed by atoms with Gasteiger partial charge in [-0.25, -0.2) is 4.79 Å². The van der Waals surface area contributed by atoms with Crippen molar-refractivity contribution >= 4 is 29.2 Å². The largest absolute Gasteiger partial charge is 0.478 e. The normalized spacial score (nSPS) is 11.9. The van der Waals surface area contributed by atoms with Gasteiger partial charge in [0.25, 0.3) is 0 Å². The number of carboxylic acid groups (broad SMARTS) is 1. The Morgan fingerprint density at radius 2 is 2.12 bits per heavy atom. The number of amides is 1. The molecule has 1 amide bonds. The van der Waals surface area contributed by atoms with Crippen LogP contribution in [0, 0.1) is 12.8 Å². The van der Waals surface area contributed by atoms with Crippen molar-refractivity contribution in [2.45, 2.75) is 13.8 Å². The Morgan fingerprint density at radius 3 is 2.59 bits per heavy atom. The lowest BCUT2D eigenvalue weighted by atomic mass is 10.1. The molecule has 0 fully saturated rings. The van der Waals surface area contributed by atoms with Crippen LogP contribution in [0.3, 0.4) is 0 Å². The first-order valence-electron chi connectivity index (χ1n) is 5.16. The Hall–Kier alpha value is -1.55. The zero-order chi connectivity index (χ0) is 13.0. The van der Waals surface area contributed by atoms with Gasteiger partial charge in [-0.1, -0.05) is 6.92 Å². The van der Waals surface area contributed by atoms with Gasteiger partial charge >= 0.3 is 5.97 Å². The zero-order valence-electron chi connectivity index (χ0n) is 9.66. The molecule has 5 heteroatoms. The lowest BCUT2D eigenvalue weighted by Crippen LogP contribution is -2.22. The molecule has 17 heavy (non-hydrogen) atoms. The molecule has 1 atom stereocenters. The van der Waals surface area contributed by atoms with Crippen molar-refractivity contribution in [2.75, 3.05) is 11.2 Å². The van der Waals surface area contributed by atoms with Crippen LogP contribution in [0.4, 0.5) is 5.69 Å². The molecule has 0 bridgehead atoms. The molecular weight excluding hydrogens is 242 g/mol. The molecule has 4 nitrogen and oxygen atoms in total. The maximum atomic E-state index is 11.6. The summed E-state index contributed by atoms with van der Waals surface area (Å²) in [5.74, 6) is -1.19. The number of hydrogen-bond acceptors (Lipinski definition) is 2. The number of carbonyl (C=O) groups excluding carboxylic acids is 1. The smallest absolute Gasteiger partial charge is 0.335 e. The molecule has 1 aromatic carbocycles. The van der Waals surface area contributed by atoms with E-state index in [0.717, 1.165) is 0 Å². The number of rotatable bonds is 4. The van der Waals surface area contributed by atoms with Gasteiger partial charge in [-0.2, -0.15) is 0 Å². The fraction of sp³-hybridized carbons (Fsp3) is 0.333. The average Bonchev–Trinajstić information content (AvgIpc) is 2.30. The SMILES string of the molecule is Cc1cc(C(=O)O)ccc1NC(=O)C(C)CCl. The molecule has 0 aromatic heterocycles. The van der Waals surface area contributed by atoms with Crippen LogP contribution in [-0.2, 0) is 4.79 Å². The molecule has 1 rings (SSSR count). The first-order chi connectivity index (χ1) is 7.95. The van der Waals surface area contributed by atoms with E-state index in [2.05, 4.69) is 5.32 Å². The summed E-state index contributed by atoms with van der Waals surface area (Å²) in [6, 6.07) is 4.55. The molecule has 0 radical (unpaired) electrons.